The van der Waals surface area contributed by atoms with E-state index >= 15 is 0 Å². The molecule has 0 spiro atoms. The van der Waals surface area contributed by atoms with Crippen LogP contribution >= 0.6 is 11.6 Å². The van der Waals surface area contributed by atoms with Crippen LogP contribution < -0.4 is 4.74 Å². The number of aromatic amines is 1. The molecule has 2 aromatic heterocycles. The van der Waals surface area contributed by atoms with Gasteiger partial charge in [-0.15, -0.1) is 0 Å². The number of hydrogen-bond acceptors (Lipinski definition) is 6. The Kier molecular flexibility index (Phi) is 8.36. The van der Waals surface area contributed by atoms with Crippen LogP contribution in [0.2, 0.25) is 5.02 Å². The molecule has 0 bridgehead atoms. The summed E-state index contributed by atoms with van der Waals surface area (Å²) < 4.78 is 21.8. The van der Waals surface area contributed by atoms with Gasteiger partial charge in [0.1, 0.15) is 5.75 Å². The van der Waals surface area contributed by atoms with Gasteiger partial charge in [-0.2, -0.15) is 0 Å². The monoisotopic (exact) mass is 494 g/mol. The molecule has 7 nitrogen and oxygen atoms in total. The van der Waals surface area contributed by atoms with Crippen molar-refractivity contribution in [3.05, 3.63) is 71.5 Å². The summed E-state index contributed by atoms with van der Waals surface area (Å²) in [5.74, 6) is 0.381. The fraction of sp³-hybridized carbons (Fsp3) is 0.259. The highest BCUT2D eigenvalue weighted by Gasteiger charge is 2.19. The Morgan fingerprint density at radius 3 is 2.60 bits per heavy atom. The molecule has 4 aromatic rings. The standard InChI is InChI=1S/C27H27ClN2O5/c1-3-34-24(31)15-18-7-9-19(10-8-18)20-5-4-6-22(27(20)35-17-33-14-13-32-2)26-25(28)21-11-12-29-16-23(21)30-26/h4-12,16,30H,3,13-15,17H2,1-2H3. The number of H-pyrrole nitrogens is 1. The Labute approximate surface area is 208 Å². The van der Waals surface area contributed by atoms with E-state index in [0.29, 0.717) is 30.6 Å². The average molecular weight is 495 g/mol. The lowest BCUT2D eigenvalue weighted by molar-refractivity contribution is -0.142. The Morgan fingerprint density at radius 2 is 1.86 bits per heavy atom. The third kappa shape index (κ3) is 5.82. The third-order valence-electron chi connectivity index (χ3n) is 5.46. The van der Waals surface area contributed by atoms with Gasteiger partial charge in [0.15, 0.2) is 6.79 Å². The summed E-state index contributed by atoms with van der Waals surface area (Å²) in [5.41, 5.74) is 5.05. The molecule has 0 fully saturated rings. The Morgan fingerprint density at radius 1 is 1.06 bits per heavy atom. The van der Waals surface area contributed by atoms with Gasteiger partial charge in [-0.25, -0.2) is 0 Å². The van der Waals surface area contributed by atoms with Crippen LogP contribution in [0.15, 0.2) is 60.9 Å². The van der Waals surface area contributed by atoms with Crippen molar-refractivity contribution in [2.24, 2.45) is 0 Å². The van der Waals surface area contributed by atoms with E-state index in [0.717, 1.165) is 38.9 Å². The summed E-state index contributed by atoms with van der Waals surface area (Å²) >= 11 is 6.75. The number of nitrogens with zero attached hydrogens (tertiary/aromatic N) is 1. The van der Waals surface area contributed by atoms with Gasteiger partial charge in [-0.05, 0) is 30.2 Å². The molecule has 0 atom stereocenters. The molecular formula is C27H27ClN2O5. The van der Waals surface area contributed by atoms with Crippen molar-refractivity contribution in [3.8, 4) is 28.1 Å². The number of benzene rings is 2. The topological polar surface area (TPSA) is 82.7 Å². The molecule has 0 saturated carbocycles. The number of fused-ring (bicyclic) bond motifs is 1. The number of nitrogens with one attached hydrogen (secondary N) is 1. The predicted molar refractivity (Wildman–Crippen MR) is 136 cm³/mol. The molecule has 0 saturated heterocycles. The van der Waals surface area contributed by atoms with Crippen LogP contribution in [0.5, 0.6) is 5.75 Å². The minimum Gasteiger partial charge on any atom is -0.466 e. The van der Waals surface area contributed by atoms with Crippen LogP contribution in [0.1, 0.15) is 12.5 Å². The number of carbonyl (C=O) groups excluding carboxylic acids is 1. The molecule has 182 valence electrons. The van der Waals surface area contributed by atoms with Crippen molar-refractivity contribution in [2.45, 2.75) is 13.3 Å². The number of halogens is 1. The molecule has 8 heteroatoms. The van der Waals surface area contributed by atoms with Gasteiger partial charge in [-0.1, -0.05) is 48.0 Å². The number of methoxy groups -OCH3 is 1. The van der Waals surface area contributed by atoms with Gasteiger partial charge in [0.25, 0.3) is 0 Å². The summed E-state index contributed by atoms with van der Waals surface area (Å²) in [5, 5.41) is 1.47. The lowest BCUT2D eigenvalue weighted by Crippen LogP contribution is -2.09. The predicted octanol–water partition coefficient (Wildman–Crippen LogP) is 5.66. The highest BCUT2D eigenvalue weighted by atomic mass is 35.5. The zero-order valence-electron chi connectivity index (χ0n) is 19.7. The quantitative estimate of drug-likeness (QED) is 0.165. The molecule has 0 aliphatic heterocycles. The van der Waals surface area contributed by atoms with Crippen molar-refractivity contribution in [1.82, 2.24) is 9.97 Å². The molecule has 0 amide bonds. The number of aromatic nitrogens is 2. The molecule has 0 radical (unpaired) electrons. The highest BCUT2D eigenvalue weighted by molar-refractivity contribution is 6.38. The number of carbonyl (C=O) groups is 1. The maximum atomic E-state index is 11.8. The highest BCUT2D eigenvalue weighted by Crippen LogP contribution is 2.43. The van der Waals surface area contributed by atoms with Crippen molar-refractivity contribution >= 4 is 28.5 Å². The number of hydrogen-bond donors (Lipinski definition) is 1. The average Bonchev–Trinajstić information content (AvgIpc) is 3.21. The summed E-state index contributed by atoms with van der Waals surface area (Å²) in [6.07, 6.45) is 3.68. The molecule has 0 aliphatic carbocycles. The SMILES string of the molecule is CCOC(=O)Cc1ccc(-c2cccc(-c3[nH]c4cnccc4c3Cl)c2OCOCCOC)cc1. The van der Waals surface area contributed by atoms with Crippen molar-refractivity contribution in [1.29, 1.82) is 0 Å². The molecule has 0 unspecified atom stereocenters. The summed E-state index contributed by atoms with van der Waals surface area (Å²) in [7, 11) is 1.62. The van der Waals surface area contributed by atoms with E-state index in [1.165, 1.54) is 0 Å². The van der Waals surface area contributed by atoms with Crippen LogP contribution in [0.25, 0.3) is 33.3 Å². The normalized spacial score (nSPS) is 11.1. The summed E-state index contributed by atoms with van der Waals surface area (Å²) in [6, 6.07) is 15.5. The third-order valence-corrected chi connectivity index (χ3v) is 5.85. The van der Waals surface area contributed by atoms with E-state index in [-0.39, 0.29) is 19.2 Å². The van der Waals surface area contributed by atoms with E-state index in [1.54, 1.807) is 26.4 Å². The second kappa shape index (κ2) is 11.8. The lowest BCUT2D eigenvalue weighted by Gasteiger charge is -2.16. The van der Waals surface area contributed by atoms with Gasteiger partial charge in [0.2, 0.25) is 0 Å². The first-order valence-electron chi connectivity index (χ1n) is 11.3. The van der Waals surface area contributed by atoms with E-state index in [1.807, 2.05) is 48.5 Å². The molecule has 1 N–H and O–H groups in total. The smallest absolute Gasteiger partial charge is 0.310 e. The largest absolute Gasteiger partial charge is 0.466 e. The maximum absolute atomic E-state index is 11.8. The van der Waals surface area contributed by atoms with Gasteiger partial charge in [-0.3, -0.25) is 9.78 Å². The zero-order chi connectivity index (χ0) is 24.6. The van der Waals surface area contributed by atoms with Crippen molar-refractivity contribution in [2.75, 3.05) is 33.7 Å². The van der Waals surface area contributed by atoms with Gasteiger partial charge >= 0.3 is 5.97 Å². The molecule has 4 rings (SSSR count). The van der Waals surface area contributed by atoms with Gasteiger partial charge in [0.05, 0.1) is 48.7 Å². The van der Waals surface area contributed by atoms with Crippen LogP contribution in [0.3, 0.4) is 0 Å². The lowest BCUT2D eigenvalue weighted by atomic mass is 9.98. The Balaban J connectivity index is 1.71. The van der Waals surface area contributed by atoms with Crippen LogP contribution in [-0.2, 0) is 25.4 Å². The van der Waals surface area contributed by atoms with Gasteiger partial charge in [0, 0.05) is 29.8 Å². The number of pyridine rings is 1. The minimum absolute atomic E-state index is 0.0493. The summed E-state index contributed by atoms with van der Waals surface area (Å²) in [4.78, 5) is 19.4. The van der Waals surface area contributed by atoms with Crippen molar-refractivity contribution < 1.29 is 23.7 Å². The molecule has 35 heavy (non-hydrogen) atoms. The first-order chi connectivity index (χ1) is 17.1. The van der Waals surface area contributed by atoms with E-state index in [2.05, 4.69) is 9.97 Å². The Bertz CT molecular complexity index is 1290. The number of para-hydroxylation sites is 1. The molecule has 2 aromatic carbocycles. The number of rotatable bonds is 11. The van der Waals surface area contributed by atoms with Crippen LogP contribution in [0.4, 0.5) is 0 Å². The van der Waals surface area contributed by atoms with Gasteiger partial charge < -0.3 is 23.9 Å². The first kappa shape index (κ1) is 24.7. The Hall–Kier alpha value is -3.39. The van der Waals surface area contributed by atoms with E-state index in [9.17, 15) is 4.79 Å². The maximum Gasteiger partial charge on any atom is 0.310 e. The fourth-order valence-electron chi connectivity index (χ4n) is 3.79. The van der Waals surface area contributed by atoms with E-state index < -0.39 is 0 Å². The van der Waals surface area contributed by atoms with Crippen LogP contribution in [0, 0.1) is 0 Å². The fourth-order valence-corrected chi connectivity index (χ4v) is 4.11. The first-order valence-corrected chi connectivity index (χ1v) is 11.7. The molecule has 2 heterocycles. The number of ether oxygens (including phenoxy) is 4. The van der Waals surface area contributed by atoms with E-state index in [4.69, 9.17) is 30.5 Å². The van der Waals surface area contributed by atoms with Crippen molar-refractivity contribution in [3.63, 3.8) is 0 Å². The second-order valence-electron chi connectivity index (χ2n) is 7.76. The summed E-state index contributed by atoms with van der Waals surface area (Å²) in [6.45, 7) is 3.09. The second-order valence-corrected chi connectivity index (χ2v) is 8.14. The van der Waals surface area contributed by atoms with Crippen LogP contribution in [-0.4, -0.2) is 49.7 Å². The minimum atomic E-state index is -0.248. The molecule has 0 aliphatic rings. The number of esters is 1. The molecular weight excluding hydrogens is 468 g/mol. The zero-order valence-corrected chi connectivity index (χ0v) is 20.4.